The molecule has 21 heavy (non-hydrogen) atoms. The highest BCUT2D eigenvalue weighted by Crippen LogP contribution is 2.33. The molecule has 0 N–H and O–H groups in total. The van der Waals surface area contributed by atoms with Crippen molar-refractivity contribution in [1.29, 1.82) is 0 Å². The fourth-order valence-corrected chi connectivity index (χ4v) is 1.69. The molecule has 0 aliphatic heterocycles. The van der Waals surface area contributed by atoms with E-state index in [4.69, 9.17) is 18.9 Å². The molecule has 0 saturated carbocycles. The molecular weight excluding hydrogens is 276 g/mol. The molecule has 0 saturated heterocycles. The van der Waals surface area contributed by atoms with Gasteiger partial charge >= 0.3 is 5.97 Å². The second-order valence-electron chi connectivity index (χ2n) is 3.85. The largest absolute Gasteiger partial charge is 0.496 e. The minimum Gasteiger partial charge on any atom is -0.496 e. The van der Waals surface area contributed by atoms with E-state index < -0.39 is 5.97 Å². The van der Waals surface area contributed by atoms with Crippen LogP contribution in [0.2, 0.25) is 0 Å². The predicted octanol–water partition coefficient (Wildman–Crippen LogP) is 2.11. The van der Waals surface area contributed by atoms with Gasteiger partial charge in [-0.25, -0.2) is 4.79 Å². The number of benzene rings is 1. The lowest BCUT2D eigenvalue weighted by Crippen LogP contribution is -2.02. The molecule has 0 atom stereocenters. The van der Waals surface area contributed by atoms with Crippen molar-refractivity contribution >= 4 is 12.3 Å². The molecule has 0 aromatic heterocycles. The van der Waals surface area contributed by atoms with E-state index in [1.807, 2.05) is 0 Å². The number of rotatable bonds is 8. The van der Waals surface area contributed by atoms with Gasteiger partial charge in [0.1, 0.15) is 6.61 Å². The Balaban J connectivity index is 2.86. The van der Waals surface area contributed by atoms with Crippen molar-refractivity contribution in [1.82, 2.24) is 0 Å². The first-order valence-electron chi connectivity index (χ1n) is 6.31. The average molecular weight is 294 g/mol. The minimum absolute atomic E-state index is 0.0599. The van der Waals surface area contributed by atoms with Gasteiger partial charge in [-0.2, -0.15) is 0 Å². The number of hydrogen-bond acceptors (Lipinski definition) is 6. The van der Waals surface area contributed by atoms with Gasteiger partial charge in [0.2, 0.25) is 0 Å². The molecule has 1 aromatic carbocycles. The van der Waals surface area contributed by atoms with Crippen LogP contribution in [0.3, 0.4) is 0 Å². The molecule has 0 unspecified atom stereocenters. The summed E-state index contributed by atoms with van der Waals surface area (Å²) in [5.74, 6) is 0.424. The molecule has 6 nitrogen and oxygen atoms in total. The highest BCUT2D eigenvalue weighted by Gasteiger charge is 2.14. The summed E-state index contributed by atoms with van der Waals surface area (Å²) >= 11 is 0. The normalized spacial score (nSPS) is 10.2. The van der Waals surface area contributed by atoms with Gasteiger partial charge in [0.25, 0.3) is 0 Å². The molecule has 0 spiro atoms. The van der Waals surface area contributed by atoms with Crippen LogP contribution in [0.4, 0.5) is 0 Å². The number of ether oxygens (including phenoxy) is 4. The van der Waals surface area contributed by atoms with Gasteiger partial charge in [-0.05, 0) is 19.1 Å². The molecule has 1 aromatic rings. The van der Waals surface area contributed by atoms with Crippen LogP contribution in [0.25, 0.3) is 0 Å². The Morgan fingerprint density at radius 2 is 2.00 bits per heavy atom. The fourth-order valence-electron chi connectivity index (χ4n) is 1.69. The number of carbonyl (C=O) groups excluding carboxylic acids is 2. The van der Waals surface area contributed by atoms with Gasteiger partial charge < -0.3 is 18.9 Å². The number of methoxy groups -OCH3 is 2. The van der Waals surface area contributed by atoms with Crippen molar-refractivity contribution in [2.45, 2.75) is 13.5 Å². The Morgan fingerprint density at radius 1 is 1.24 bits per heavy atom. The SMILES string of the molecule is CCOC(=O)/C=C/OCc1c(C=O)ccc(OC)c1OC. The maximum atomic E-state index is 11.1. The highest BCUT2D eigenvalue weighted by atomic mass is 16.5. The molecule has 0 fully saturated rings. The average Bonchev–Trinajstić information content (AvgIpc) is 2.50. The first-order chi connectivity index (χ1) is 10.2. The third-order valence-corrected chi connectivity index (χ3v) is 2.63. The molecule has 0 radical (unpaired) electrons. The maximum Gasteiger partial charge on any atom is 0.333 e. The van der Waals surface area contributed by atoms with Crippen LogP contribution in [-0.4, -0.2) is 33.1 Å². The second kappa shape index (κ2) is 8.63. The Bertz CT molecular complexity index is 521. The molecule has 0 heterocycles. The molecule has 0 aliphatic carbocycles. The van der Waals surface area contributed by atoms with Gasteiger partial charge in [-0.1, -0.05) is 0 Å². The van der Waals surface area contributed by atoms with Crippen molar-refractivity contribution < 1.29 is 28.5 Å². The lowest BCUT2D eigenvalue weighted by molar-refractivity contribution is -0.137. The molecule has 1 rings (SSSR count). The summed E-state index contributed by atoms with van der Waals surface area (Å²) in [5.41, 5.74) is 0.970. The molecule has 0 bridgehead atoms. The smallest absolute Gasteiger partial charge is 0.333 e. The zero-order valence-electron chi connectivity index (χ0n) is 12.3. The van der Waals surface area contributed by atoms with Crippen LogP contribution >= 0.6 is 0 Å². The third-order valence-electron chi connectivity index (χ3n) is 2.63. The zero-order chi connectivity index (χ0) is 15.7. The minimum atomic E-state index is -0.495. The Morgan fingerprint density at radius 3 is 2.57 bits per heavy atom. The van der Waals surface area contributed by atoms with E-state index in [0.717, 1.165) is 6.08 Å². The van der Waals surface area contributed by atoms with Gasteiger partial charge in [-0.15, -0.1) is 0 Å². The van der Waals surface area contributed by atoms with E-state index in [1.54, 1.807) is 19.1 Å². The van der Waals surface area contributed by atoms with Crippen LogP contribution in [0, 0.1) is 0 Å². The summed E-state index contributed by atoms with van der Waals surface area (Å²) in [7, 11) is 2.98. The van der Waals surface area contributed by atoms with Crippen molar-refractivity contribution in [2.75, 3.05) is 20.8 Å². The van der Waals surface area contributed by atoms with Crippen molar-refractivity contribution in [2.24, 2.45) is 0 Å². The van der Waals surface area contributed by atoms with Crippen LogP contribution in [-0.2, 0) is 20.9 Å². The Kier molecular flexibility index (Phi) is 6.80. The molecular formula is C15H18O6. The summed E-state index contributed by atoms with van der Waals surface area (Å²) in [6.45, 7) is 2.07. The number of hydrogen-bond donors (Lipinski definition) is 0. The van der Waals surface area contributed by atoms with Gasteiger partial charge in [0, 0.05) is 11.1 Å². The number of carbonyl (C=O) groups is 2. The summed E-state index contributed by atoms with van der Waals surface area (Å²) in [5, 5.41) is 0. The maximum absolute atomic E-state index is 11.1. The summed E-state index contributed by atoms with van der Waals surface area (Å²) in [6, 6.07) is 3.25. The topological polar surface area (TPSA) is 71.1 Å². The summed E-state index contributed by atoms with van der Waals surface area (Å²) < 4.78 is 20.4. The van der Waals surface area contributed by atoms with Crippen molar-refractivity contribution in [3.8, 4) is 11.5 Å². The fraction of sp³-hybridized carbons (Fsp3) is 0.333. The summed E-state index contributed by atoms with van der Waals surface area (Å²) in [4.78, 5) is 22.2. The lowest BCUT2D eigenvalue weighted by atomic mass is 10.1. The van der Waals surface area contributed by atoms with Gasteiger partial charge in [-0.3, -0.25) is 4.79 Å². The summed E-state index contributed by atoms with van der Waals surface area (Å²) in [6.07, 6.45) is 3.08. The predicted molar refractivity (Wildman–Crippen MR) is 75.5 cm³/mol. The molecule has 6 heteroatoms. The van der Waals surface area contributed by atoms with Crippen LogP contribution in [0.15, 0.2) is 24.5 Å². The third kappa shape index (κ3) is 4.52. The second-order valence-corrected chi connectivity index (χ2v) is 3.85. The first-order valence-corrected chi connectivity index (χ1v) is 6.31. The van der Waals surface area contributed by atoms with E-state index in [0.29, 0.717) is 35.5 Å². The van der Waals surface area contributed by atoms with E-state index in [1.165, 1.54) is 20.5 Å². The van der Waals surface area contributed by atoms with Gasteiger partial charge in [0.05, 0.1) is 33.2 Å². The monoisotopic (exact) mass is 294 g/mol. The Labute approximate surface area is 123 Å². The van der Waals surface area contributed by atoms with E-state index >= 15 is 0 Å². The van der Waals surface area contributed by atoms with Gasteiger partial charge in [0.15, 0.2) is 17.8 Å². The van der Waals surface area contributed by atoms with E-state index in [9.17, 15) is 9.59 Å². The van der Waals surface area contributed by atoms with Crippen LogP contribution < -0.4 is 9.47 Å². The number of esters is 1. The first kappa shape index (κ1) is 16.6. The van der Waals surface area contributed by atoms with E-state index in [2.05, 4.69) is 0 Å². The van der Waals surface area contributed by atoms with Crippen molar-refractivity contribution in [3.63, 3.8) is 0 Å². The lowest BCUT2D eigenvalue weighted by Gasteiger charge is -2.14. The Hall–Kier alpha value is -2.50. The highest BCUT2D eigenvalue weighted by molar-refractivity contribution is 5.81. The van der Waals surface area contributed by atoms with Crippen LogP contribution in [0.1, 0.15) is 22.8 Å². The molecule has 0 amide bonds. The van der Waals surface area contributed by atoms with Crippen LogP contribution in [0.5, 0.6) is 11.5 Å². The van der Waals surface area contributed by atoms with Crippen molar-refractivity contribution in [3.05, 3.63) is 35.6 Å². The zero-order valence-corrected chi connectivity index (χ0v) is 12.3. The molecule has 0 aliphatic rings. The quantitative estimate of drug-likeness (QED) is 0.316. The standard InChI is InChI=1S/C15H18O6/c1-4-21-14(17)7-8-20-10-12-11(9-16)5-6-13(18-2)15(12)19-3/h5-9H,4,10H2,1-3H3/b8-7+. The molecule has 114 valence electrons. The van der Waals surface area contributed by atoms with E-state index in [-0.39, 0.29) is 6.61 Å². The number of aldehydes is 1.